The average Bonchev–Trinajstić information content (AvgIpc) is 3.10. The number of nitrogens with zero attached hydrogens (tertiary/aromatic N) is 2. The average molecular weight is 320 g/mol. The van der Waals surface area contributed by atoms with Gasteiger partial charge in [0, 0.05) is 41.6 Å². The van der Waals surface area contributed by atoms with Gasteiger partial charge in [-0.3, -0.25) is 0 Å². The highest BCUT2D eigenvalue weighted by Crippen LogP contribution is 2.38. The molecule has 0 unspecified atom stereocenters. The van der Waals surface area contributed by atoms with Crippen LogP contribution in [0.25, 0.3) is 21.8 Å². The Hall–Kier alpha value is -2.07. The number of fused-ring (bicyclic) bond motifs is 5. The number of aromatic amines is 1. The van der Waals surface area contributed by atoms with E-state index in [1.165, 1.54) is 46.9 Å². The molecule has 1 aromatic carbocycles. The molecule has 3 N–H and O–H groups in total. The van der Waals surface area contributed by atoms with Gasteiger partial charge >= 0.3 is 0 Å². The van der Waals surface area contributed by atoms with E-state index in [1.54, 1.807) is 5.56 Å². The van der Waals surface area contributed by atoms with E-state index in [9.17, 15) is 0 Å². The van der Waals surface area contributed by atoms with E-state index in [0.29, 0.717) is 6.04 Å². The van der Waals surface area contributed by atoms with E-state index in [0.717, 1.165) is 37.9 Å². The van der Waals surface area contributed by atoms with Gasteiger partial charge in [-0.25, -0.2) is 4.98 Å². The highest BCUT2D eigenvalue weighted by molar-refractivity contribution is 6.08. The Balaban J connectivity index is 1.75. The van der Waals surface area contributed by atoms with Gasteiger partial charge in [-0.1, -0.05) is 0 Å². The zero-order chi connectivity index (χ0) is 16.1. The van der Waals surface area contributed by atoms with Gasteiger partial charge in [0.1, 0.15) is 5.82 Å². The highest BCUT2D eigenvalue weighted by atomic mass is 15.2. The van der Waals surface area contributed by atoms with Gasteiger partial charge in [0.05, 0.1) is 5.52 Å². The van der Waals surface area contributed by atoms with Crippen LogP contribution >= 0.6 is 0 Å². The molecular formula is C20H24N4. The van der Waals surface area contributed by atoms with Gasteiger partial charge < -0.3 is 15.6 Å². The fourth-order valence-electron chi connectivity index (χ4n) is 4.51. The summed E-state index contributed by atoms with van der Waals surface area (Å²) in [5, 5.41) is 2.70. The molecule has 124 valence electrons. The normalized spacial score (nSPS) is 19.1. The molecule has 2 aromatic heterocycles. The van der Waals surface area contributed by atoms with Crippen molar-refractivity contribution in [3.05, 3.63) is 35.5 Å². The summed E-state index contributed by atoms with van der Waals surface area (Å²) in [4.78, 5) is 11.0. The number of aryl methyl sites for hydroxylation is 1. The second kappa shape index (κ2) is 5.49. The van der Waals surface area contributed by atoms with E-state index >= 15 is 0 Å². The number of hydrogen-bond donors (Lipinski definition) is 2. The SMILES string of the molecule is NC1CCN(c2nc3ccc4[nH]ccc4c3c3c2CCCC3)CC1. The second-order valence-corrected chi connectivity index (χ2v) is 7.32. The van der Waals surface area contributed by atoms with Gasteiger partial charge in [-0.05, 0) is 67.9 Å². The van der Waals surface area contributed by atoms with Crippen LogP contribution in [0.4, 0.5) is 5.82 Å². The zero-order valence-electron chi connectivity index (χ0n) is 14.0. The summed E-state index contributed by atoms with van der Waals surface area (Å²) in [6.45, 7) is 2.08. The van der Waals surface area contributed by atoms with E-state index in [1.807, 2.05) is 6.20 Å². The Morgan fingerprint density at radius 1 is 1.04 bits per heavy atom. The van der Waals surface area contributed by atoms with Gasteiger partial charge in [-0.2, -0.15) is 0 Å². The first-order valence-electron chi connectivity index (χ1n) is 9.23. The lowest BCUT2D eigenvalue weighted by molar-refractivity contribution is 0.497. The van der Waals surface area contributed by atoms with Crippen molar-refractivity contribution in [1.82, 2.24) is 9.97 Å². The van der Waals surface area contributed by atoms with Gasteiger partial charge in [0.15, 0.2) is 0 Å². The van der Waals surface area contributed by atoms with Crippen LogP contribution in [0.1, 0.15) is 36.8 Å². The molecule has 5 rings (SSSR count). The fraction of sp³-hybridized carbons (Fsp3) is 0.450. The Labute approximate surface area is 142 Å². The molecular weight excluding hydrogens is 296 g/mol. The molecule has 1 aliphatic heterocycles. The molecule has 1 saturated heterocycles. The van der Waals surface area contributed by atoms with Crippen molar-refractivity contribution >= 4 is 27.6 Å². The van der Waals surface area contributed by atoms with Gasteiger partial charge in [-0.15, -0.1) is 0 Å². The molecule has 3 aromatic rings. The third-order valence-corrected chi connectivity index (χ3v) is 5.82. The predicted octanol–water partition coefficient (Wildman–Crippen LogP) is 3.52. The van der Waals surface area contributed by atoms with Crippen LogP contribution in [0.5, 0.6) is 0 Å². The summed E-state index contributed by atoms with van der Waals surface area (Å²) in [6, 6.07) is 6.91. The van der Waals surface area contributed by atoms with Crippen LogP contribution in [-0.2, 0) is 12.8 Å². The number of benzene rings is 1. The van der Waals surface area contributed by atoms with Crippen LogP contribution in [0.2, 0.25) is 0 Å². The predicted molar refractivity (Wildman–Crippen MR) is 99.7 cm³/mol. The minimum absolute atomic E-state index is 0.358. The molecule has 0 bridgehead atoms. The Morgan fingerprint density at radius 3 is 2.67 bits per heavy atom. The topological polar surface area (TPSA) is 57.9 Å². The van der Waals surface area contributed by atoms with Crippen LogP contribution in [0.3, 0.4) is 0 Å². The van der Waals surface area contributed by atoms with Gasteiger partial charge in [0.2, 0.25) is 0 Å². The van der Waals surface area contributed by atoms with Gasteiger partial charge in [0.25, 0.3) is 0 Å². The molecule has 0 radical (unpaired) electrons. The monoisotopic (exact) mass is 320 g/mol. The second-order valence-electron chi connectivity index (χ2n) is 7.32. The summed E-state index contributed by atoms with van der Waals surface area (Å²) < 4.78 is 0. The first kappa shape index (κ1) is 14.3. The number of piperidine rings is 1. The number of hydrogen-bond acceptors (Lipinski definition) is 3. The Morgan fingerprint density at radius 2 is 1.83 bits per heavy atom. The molecule has 1 fully saturated rings. The maximum Gasteiger partial charge on any atom is 0.132 e. The standard InChI is InChI=1S/C20H24N4/c21-13-8-11-24(12-9-13)20-15-4-2-1-3-14(15)19-16-7-10-22-17(16)5-6-18(19)23-20/h5-7,10,13,22H,1-4,8-9,11-12,21H2. The lowest BCUT2D eigenvalue weighted by Gasteiger charge is -2.34. The smallest absolute Gasteiger partial charge is 0.132 e. The number of pyridine rings is 1. The van der Waals surface area contributed by atoms with Crippen molar-refractivity contribution in [2.45, 2.75) is 44.6 Å². The molecule has 24 heavy (non-hydrogen) atoms. The maximum atomic E-state index is 6.10. The van der Waals surface area contributed by atoms with E-state index in [2.05, 4.69) is 28.1 Å². The van der Waals surface area contributed by atoms with Crippen LogP contribution in [0.15, 0.2) is 24.4 Å². The minimum Gasteiger partial charge on any atom is -0.361 e. The molecule has 0 spiro atoms. The van der Waals surface area contributed by atoms with Crippen LogP contribution < -0.4 is 10.6 Å². The van der Waals surface area contributed by atoms with Crippen molar-refractivity contribution in [3.63, 3.8) is 0 Å². The number of nitrogens with two attached hydrogens (primary N) is 1. The summed E-state index contributed by atoms with van der Waals surface area (Å²) in [5.74, 6) is 1.24. The number of rotatable bonds is 1. The first-order valence-corrected chi connectivity index (χ1v) is 9.23. The third kappa shape index (κ3) is 2.13. The van der Waals surface area contributed by atoms with Crippen LogP contribution in [-0.4, -0.2) is 29.1 Å². The number of nitrogens with one attached hydrogen (secondary N) is 1. The van der Waals surface area contributed by atoms with Crippen LogP contribution in [0, 0.1) is 0 Å². The summed E-state index contributed by atoms with van der Waals surface area (Å²) in [5.41, 5.74) is 11.5. The Kier molecular flexibility index (Phi) is 3.27. The molecule has 2 aliphatic rings. The van der Waals surface area contributed by atoms with Crippen molar-refractivity contribution in [2.24, 2.45) is 5.73 Å². The Bertz CT molecular complexity index is 903. The first-order chi connectivity index (χ1) is 11.8. The number of aromatic nitrogens is 2. The number of anilines is 1. The lowest BCUT2D eigenvalue weighted by atomic mass is 9.87. The number of H-pyrrole nitrogens is 1. The molecule has 4 nitrogen and oxygen atoms in total. The van der Waals surface area contributed by atoms with E-state index in [4.69, 9.17) is 10.7 Å². The van der Waals surface area contributed by atoms with Crippen molar-refractivity contribution < 1.29 is 0 Å². The summed E-state index contributed by atoms with van der Waals surface area (Å²) in [7, 11) is 0. The maximum absolute atomic E-state index is 6.10. The van der Waals surface area contributed by atoms with Crippen molar-refractivity contribution in [1.29, 1.82) is 0 Å². The quantitative estimate of drug-likeness (QED) is 0.721. The largest absolute Gasteiger partial charge is 0.361 e. The summed E-state index contributed by atoms with van der Waals surface area (Å²) in [6.07, 6.45) is 9.10. The zero-order valence-corrected chi connectivity index (χ0v) is 14.0. The summed E-state index contributed by atoms with van der Waals surface area (Å²) >= 11 is 0. The molecule has 3 heterocycles. The fourth-order valence-corrected chi connectivity index (χ4v) is 4.51. The third-order valence-electron chi connectivity index (χ3n) is 5.82. The molecule has 0 saturated carbocycles. The molecule has 0 atom stereocenters. The molecule has 0 amide bonds. The van der Waals surface area contributed by atoms with E-state index in [-0.39, 0.29) is 0 Å². The van der Waals surface area contributed by atoms with Crippen molar-refractivity contribution in [3.8, 4) is 0 Å². The minimum atomic E-state index is 0.358. The van der Waals surface area contributed by atoms with Crippen molar-refractivity contribution in [2.75, 3.05) is 18.0 Å². The van der Waals surface area contributed by atoms with E-state index < -0.39 is 0 Å². The lowest BCUT2D eigenvalue weighted by Crippen LogP contribution is -2.40. The molecule has 1 aliphatic carbocycles. The molecule has 4 heteroatoms. The highest BCUT2D eigenvalue weighted by Gasteiger charge is 2.25.